The lowest BCUT2D eigenvalue weighted by atomic mass is 9.99. The topological polar surface area (TPSA) is 175 Å². The average molecular weight is 956 g/mol. The van der Waals surface area contributed by atoms with Crippen LogP contribution in [0.2, 0.25) is 0 Å². The zero-order valence-electron chi connectivity index (χ0n) is 42.5. The highest BCUT2D eigenvalue weighted by Crippen LogP contribution is 2.22. The van der Waals surface area contributed by atoms with Gasteiger partial charge in [0.2, 0.25) is 5.91 Å². The molecule has 0 aliphatic carbocycles. The van der Waals surface area contributed by atoms with Crippen LogP contribution in [-0.4, -0.2) is 100 Å². The number of carbonyl (C=O) groups is 2. The Balaban J connectivity index is 2.16. The maximum Gasteiger partial charge on any atom is 0.305 e. The summed E-state index contributed by atoms with van der Waals surface area (Å²) in [4.78, 5) is 25.0. The smallest absolute Gasteiger partial charge is 0.305 e. The Morgan fingerprint density at radius 1 is 0.574 bits per heavy atom. The van der Waals surface area contributed by atoms with E-state index in [-0.39, 0.29) is 18.5 Å². The second kappa shape index (κ2) is 46.2. The predicted octanol–water partition coefficient (Wildman–Crippen LogP) is 11.4. The van der Waals surface area contributed by atoms with Crippen molar-refractivity contribution in [2.24, 2.45) is 0 Å². The van der Waals surface area contributed by atoms with Crippen LogP contribution < -0.4 is 5.32 Å². The molecule has 0 saturated carbocycles. The van der Waals surface area contributed by atoms with Crippen LogP contribution in [0.4, 0.5) is 0 Å². The van der Waals surface area contributed by atoms with Crippen molar-refractivity contribution in [3.05, 3.63) is 85.1 Å². The Morgan fingerprint density at radius 3 is 1.69 bits per heavy atom. The summed E-state index contributed by atoms with van der Waals surface area (Å²) in [7, 11) is 0. The Bertz CT molecular complexity index is 1400. The van der Waals surface area contributed by atoms with Crippen molar-refractivity contribution in [1.29, 1.82) is 0 Å². The molecule has 0 bridgehead atoms. The van der Waals surface area contributed by atoms with Crippen LogP contribution in [0, 0.1) is 0 Å². The molecule has 1 aliphatic heterocycles. The number of aliphatic hydroxyl groups excluding tert-OH is 5. The van der Waals surface area contributed by atoms with E-state index in [1.54, 1.807) is 6.08 Å². The van der Waals surface area contributed by atoms with Gasteiger partial charge in [-0.3, -0.25) is 9.59 Å². The van der Waals surface area contributed by atoms with Crippen molar-refractivity contribution >= 4 is 11.9 Å². The third-order valence-electron chi connectivity index (χ3n) is 12.0. The average Bonchev–Trinajstić information content (AvgIpc) is 3.33. The summed E-state index contributed by atoms with van der Waals surface area (Å²) in [5, 5.41) is 54.1. The van der Waals surface area contributed by atoms with Gasteiger partial charge in [0.05, 0.1) is 32.0 Å². The number of allylic oxidation sites excluding steroid dienone is 13. The van der Waals surface area contributed by atoms with Crippen LogP contribution in [0.3, 0.4) is 0 Å². The highest BCUT2D eigenvalue weighted by Gasteiger charge is 2.44. The molecule has 11 heteroatoms. The predicted molar refractivity (Wildman–Crippen MR) is 278 cm³/mol. The van der Waals surface area contributed by atoms with Gasteiger partial charge < -0.3 is 45.1 Å². The van der Waals surface area contributed by atoms with Gasteiger partial charge in [-0.1, -0.05) is 157 Å². The van der Waals surface area contributed by atoms with E-state index >= 15 is 0 Å². The van der Waals surface area contributed by atoms with Crippen LogP contribution in [-0.2, 0) is 23.8 Å². The van der Waals surface area contributed by atoms with E-state index in [9.17, 15) is 35.1 Å². The zero-order chi connectivity index (χ0) is 49.6. The van der Waals surface area contributed by atoms with Crippen molar-refractivity contribution in [2.45, 2.75) is 243 Å². The number of rotatable bonds is 44. The van der Waals surface area contributed by atoms with E-state index in [0.29, 0.717) is 32.3 Å². The SMILES string of the molecule is CCC=CCCC=CCCC=CC(O)C(COC1OC(CO)C(O)C(O)C1O)NC(=O)CCCCCCCCC=CC=CCCCCCOC(=O)CCCCCCCC=CCC=CCCCCC. The molecule has 6 N–H and O–H groups in total. The van der Waals surface area contributed by atoms with Gasteiger partial charge in [-0.05, 0) is 116 Å². The largest absolute Gasteiger partial charge is 0.466 e. The standard InChI is InChI=1S/C57H97NO10/c1-3-5-7-9-11-13-15-16-18-22-25-29-33-37-41-45-53(62)66-46-42-38-34-30-26-23-20-17-19-21-24-28-32-36-40-44-52(61)58-49(48-67-57-56(65)55(64)54(63)51(47-59)68-57)50(60)43-39-35-31-27-14-12-10-8-6-4-2/h6,8,11,13-14,16-18,20,23,26-27,39,43,49-51,54-57,59-60,63-65H,3-5,7,9-10,12,15,19,21-22,24-25,28-38,40-42,44-48H2,1-2H3,(H,58,61). The van der Waals surface area contributed by atoms with E-state index in [0.717, 1.165) is 116 Å². The van der Waals surface area contributed by atoms with Crippen LogP contribution in [0.1, 0.15) is 200 Å². The molecule has 1 saturated heterocycles. The Kier molecular flexibility index (Phi) is 42.7. The molecule has 1 heterocycles. The van der Waals surface area contributed by atoms with Gasteiger partial charge in [0.25, 0.3) is 0 Å². The summed E-state index contributed by atoms with van der Waals surface area (Å²) in [5.74, 6) is -0.283. The lowest BCUT2D eigenvalue weighted by Crippen LogP contribution is -2.60. The maximum atomic E-state index is 13.0. The molecule has 0 aromatic rings. The monoisotopic (exact) mass is 956 g/mol. The van der Waals surface area contributed by atoms with E-state index in [1.165, 1.54) is 44.9 Å². The third-order valence-corrected chi connectivity index (χ3v) is 12.0. The minimum absolute atomic E-state index is 0.0583. The van der Waals surface area contributed by atoms with Gasteiger partial charge in [-0.25, -0.2) is 0 Å². The van der Waals surface area contributed by atoms with Crippen molar-refractivity contribution < 1.29 is 49.3 Å². The lowest BCUT2D eigenvalue weighted by Gasteiger charge is -2.40. The molecule has 0 aromatic carbocycles. The van der Waals surface area contributed by atoms with Crippen molar-refractivity contribution in [3.63, 3.8) is 0 Å². The quantitative estimate of drug-likeness (QED) is 0.0149. The van der Waals surface area contributed by atoms with E-state index in [4.69, 9.17) is 14.2 Å². The minimum Gasteiger partial charge on any atom is -0.466 e. The third kappa shape index (κ3) is 35.9. The molecular formula is C57H97NO10. The van der Waals surface area contributed by atoms with Crippen LogP contribution >= 0.6 is 0 Å². The number of carbonyl (C=O) groups excluding carboxylic acids is 2. The Morgan fingerprint density at radius 2 is 1.09 bits per heavy atom. The molecule has 0 radical (unpaired) electrons. The maximum absolute atomic E-state index is 13.0. The van der Waals surface area contributed by atoms with E-state index < -0.39 is 49.5 Å². The van der Waals surface area contributed by atoms with Gasteiger partial charge in [-0.2, -0.15) is 0 Å². The number of esters is 1. The molecule has 7 unspecified atom stereocenters. The second-order valence-electron chi connectivity index (χ2n) is 18.2. The number of aliphatic hydroxyl groups is 5. The normalized spacial score (nSPS) is 20.1. The van der Waals surface area contributed by atoms with Gasteiger partial charge in [0, 0.05) is 12.8 Å². The highest BCUT2D eigenvalue weighted by atomic mass is 16.7. The number of hydrogen-bond acceptors (Lipinski definition) is 10. The van der Waals surface area contributed by atoms with Crippen LogP contribution in [0.25, 0.3) is 0 Å². The molecular weight excluding hydrogens is 859 g/mol. The molecule has 0 aromatic heterocycles. The van der Waals surface area contributed by atoms with Gasteiger partial charge in [0.1, 0.15) is 24.4 Å². The highest BCUT2D eigenvalue weighted by molar-refractivity contribution is 5.76. The molecule has 1 aliphatic rings. The first-order valence-corrected chi connectivity index (χ1v) is 26.9. The first-order chi connectivity index (χ1) is 33.2. The molecule has 1 fully saturated rings. The Hall–Kier alpha value is -3.16. The molecule has 7 atom stereocenters. The fraction of sp³-hybridized carbons (Fsp3) is 0.719. The fourth-order valence-electron chi connectivity index (χ4n) is 7.67. The number of hydrogen-bond donors (Lipinski definition) is 6. The van der Waals surface area contributed by atoms with E-state index in [2.05, 4.69) is 92.1 Å². The first kappa shape index (κ1) is 62.9. The fourth-order valence-corrected chi connectivity index (χ4v) is 7.67. The molecule has 1 rings (SSSR count). The summed E-state index contributed by atoms with van der Waals surface area (Å²) in [6.45, 7) is 4.06. The van der Waals surface area contributed by atoms with Gasteiger partial charge >= 0.3 is 5.97 Å². The molecule has 0 spiro atoms. The first-order valence-electron chi connectivity index (χ1n) is 26.9. The lowest BCUT2D eigenvalue weighted by molar-refractivity contribution is -0.302. The van der Waals surface area contributed by atoms with Gasteiger partial charge in [0.15, 0.2) is 6.29 Å². The summed E-state index contributed by atoms with van der Waals surface area (Å²) < 4.78 is 16.6. The molecule has 390 valence electrons. The Labute approximate surface area is 413 Å². The van der Waals surface area contributed by atoms with Gasteiger partial charge in [-0.15, -0.1) is 0 Å². The number of ether oxygens (including phenoxy) is 3. The number of nitrogens with one attached hydrogen (secondary N) is 1. The number of amides is 1. The zero-order valence-corrected chi connectivity index (χ0v) is 42.5. The molecule has 11 nitrogen and oxygen atoms in total. The van der Waals surface area contributed by atoms with Crippen molar-refractivity contribution in [3.8, 4) is 0 Å². The summed E-state index contributed by atoms with van der Waals surface area (Å²) >= 11 is 0. The minimum atomic E-state index is -1.59. The van der Waals surface area contributed by atoms with Crippen LogP contribution in [0.15, 0.2) is 85.1 Å². The van der Waals surface area contributed by atoms with E-state index in [1.807, 2.05) is 6.08 Å². The van der Waals surface area contributed by atoms with Crippen molar-refractivity contribution in [2.75, 3.05) is 19.8 Å². The summed E-state index contributed by atoms with van der Waals surface area (Å²) in [6, 6.07) is -0.853. The molecule has 1 amide bonds. The van der Waals surface area contributed by atoms with Crippen molar-refractivity contribution in [1.82, 2.24) is 5.32 Å². The summed E-state index contributed by atoms with van der Waals surface area (Å²) in [6.07, 6.45) is 51.1. The summed E-state index contributed by atoms with van der Waals surface area (Å²) in [5.41, 5.74) is 0. The number of unbranched alkanes of at least 4 members (excludes halogenated alkanes) is 19. The second-order valence-corrected chi connectivity index (χ2v) is 18.2. The van der Waals surface area contributed by atoms with Crippen LogP contribution in [0.5, 0.6) is 0 Å². The molecule has 68 heavy (non-hydrogen) atoms.